The lowest BCUT2D eigenvalue weighted by atomic mass is 9.57. The van der Waals surface area contributed by atoms with E-state index in [0.29, 0.717) is 17.1 Å². The van der Waals surface area contributed by atoms with Crippen LogP contribution in [0.1, 0.15) is 59.3 Å². The maximum Gasteiger partial charge on any atom is 0.132 e. The Hall–Kier alpha value is -0.330. The second-order valence-corrected chi connectivity index (χ2v) is 6.37. The maximum absolute atomic E-state index is 11.5. The minimum atomic E-state index is 0.378. The zero-order chi connectivity index (χ0) is 11.1. The van der Waals surface area contributed by atoms with Gasteiger partial charge in [-0.15, -0.1) is 0 Å². The Balaban J connectivity index is 2.10. The van der Waals surface area contributed by atoms with Gasteiger partial charge in [-0.2, -0.15) is 0 Å². The highest BCUT2D eigenvalue weighted by Gasteiger charge is 2.42. The van der Waals surface area contributed by atoms with Gasteiger partial charge in [0.25, 0.3) is 0 Å². The number of carbonyl (C=O) groups excluding carboxylic acids is 1. The molecule has 2 saturated carbocycles. The third-order valence-electron chi connectivity index (χ3n) is 4.97. The second kappa shape index (κ2) is 3.92. The van der Waals surface area contributed by atoms with Gasteiger partial charge in [-0.1, -0.05) is 26.7 Å². The molecule has 86 valence electrons. The van der Waals surface area contributed by atoms with Gasteiger partial charge in [0.1, 0.15) is 5.78 Å². The van der Waals surface area contributed by atoms with Crippen LogP contribution in [0.4, 0.5) is 0 Å². The molecule has 0 saturated heterocycles. The summed E-state index contributed by atoms with van der Waals surface area (Å²) >= 11 is 0. The van der Waals surface area contributed by atoms with Crippen LogP contribution in [0.5, 0.6) is 0 Å². The number of carbonyl (C=O) groups is 1. The van der Waals surface area contributed by atoms with E-state index in [2.05, 4.69) is 13.8 Å². The zero-order valence-corrected chi connectivity index (χ0v) is 10.4. The fourth-order valence-electron chi connectivity index (χ4n) is 3.91. The molecular weight excluding hydrogens is 184 g/mol. The third-order valence-corrected chi connectivity index (χ3v) is 4.97. The lowest BCUT2D eigenvalue weighted by Crippen LogP contribution is -2.40. The minimum absolute atomic E-state index is 0.378. The van der Waals surface area contributed by atoms with Gasteiger partial charge >= 0.3 is 0 Å². The summed E-state index contributed by atoms with van der Waals surface area (Å²) in [6, 6.07) is 0. The molecule has 0 aromatic carbocycles. The number of hydrogen-bond donors (Lipinski definition) is 0. The van der Waals surface area contributed by atoms with Crippen molar-refractivity contribution in [3.8, 4) is 0 Å². The lowest BCUT2D eigenvalue weighted by Gasteiger charge is -2.48. The molecule has 0 N–H and O–H groups in total. The molecule has 0 bridgehead atoms. The molecular formula is C14H24O. The molecule has 1 nitrogen and oxygen atoms in total. The Morgan fingerprint density at radius 2 is 1.93 bits per heavy atom. The Bertz CT molecular complexity index is 254. The van der Waals surface area contributed by atoms with Gasteiger partial charge < -0.3 is 0 Å². The average Bonchev–Trinajstić information content (AvgIpc) is 2.17. The van der Waals surface area contributed by atoms with E-state index in [-0.39, 0.29) is 0 Å². The second-order valence-electron chi connectivity index (χ2n) is 6.37. The molecule has 1 heteroatoms. The highest BCUT2D eigenvalue weighted by Crippen LogP contribution is 2.51. The summed E-state index contributed by atoms with van der Waals surface area (Å²) in [6.45, 7) is 6.60. The first-order chi connectivity index (χ1) is 7.00. The van der Waals surface area contributed by atoms with E-state index in [1.165, 1.54) is 32.1 Å². The molecule has 0 amide bonds. The predicted octanol–water partition coefficient (Wildman–Crippen LogP) is 3.82. The van der Waals surface area contributed by atoms with Crippen LogP contribution in [-0.4, -0.2) is 5.78 Å². The molecule has 3 atom stereocenters. The maximum atomic E-state index is 11.5. The standard InChI is InChI=1S/C14H24O/c1-10(15)12-7-6-11-5-4-8-14(2,3)13(11)9-12/h11-13H,4-9H2,1-3H3. The first-order valence-corrected chi connectivity index (χ1v) is 6.51. The van der Waals surface area contributed by atoms with E-state index in [1.807, 2.05) is 0 Å². The van der Waals surface area contributed by atoms with Crippen molar-refractivity contribution in [3.63, 3.8) is 0 Å². The van der Waals surface area contributed by atoms with E-state index >= 15 is 0 Å². The first-order valence-electron chi connectivity index (χ1n) is 6.51. The molecule has 2 fully saturated rings. The van der Waals surface area contributed by atoms with E-state index < -0.39 is 0 Å². The molecule has 15 heavy (non-hydrogen) atoms. The van der Waals surface area contributed by atoms with Crippen molar-refractivity contribution in [1.82, 2.24) is 0 Å². The van der Waals surface area contributed by atoms with Crippen molar-refractivity contribution in [2.45, 2.75) is 59.3 Å². The molecule has 0 spiro atoms. The molecule has 0 aromatic rings. The van der Waals surface area contributed by atoms with Crippen LogP contribution >= 0.6 is 0 Å². The Kier molecular flexibility index (Phi) is 2.92. The number of rotatable bonds is 1. The highest BCUT2D eigenvalue weighted by atomic mass is 16.1. The monoisotopic (exact) mass is 208 g/mol. The molecule has 2 rings (SSSR count). The van der Waals surface area contributed by atoms with Crippen molar-refractivity contribution < 1.29 is 4.79 Å². The summed E-state index contributed by atoms with van der Waals surface area (Å²) in [5.74, 6) is 2.54. The Labute approximate surface area is 93.6 Å². The van der Waals surface area contributed by atoms with Crippen LogP contribution in [0.2, 0.25) is 0 Å². The predicted molar refractivity (Wildman–Crippen MR) is 62.6 cm³/mol. The van der Waals surface area contributed by atoms with E-state index in [1.54, 1.807) is 6.92 Å². The van der Waals surface area contributed by atoms with Crippen LogP contribution in [0.25, 0.3) is 0 Å². The van der Waals surface area contributed by atoms with Gasteiger partial charge in [-0.3, -0.25) is 4.79 Å². The van der Waals surface area contributed by atoms with Crippen LogP contribution < -0.4 is 0 Å². The summed E-state index contributed by atoms with van der Waals surface area (Å²) in [6.07, 6.45) is 7.81. The SMILES string of the molecule is CC(=O)C1CCC2CCCC(C)(C)C2C1. The molecule has 0 aliphatic heterocycles. The summed E-state index contributed by atoms with van der Waals surface area (Å²) in [5.41, 5.74) is 0.483. The molecule has 0 radical (unpaired) electrons. The summed E-state index contributed by atoms with van der Waals surface area (Å²) in [5, 5.41) is 0. The van der Waals surface area contributed by atoms with Crippen molar-refractivity contribution in [2.24, 2.45) is 23.2 Å². The highest BCUT2D eigenvalue weighted by molar-refractivity contribution is 5.78. The van der Waals surface area contributed by atoms with Gasteiger partial charge in [0.2, 0.25) is 0 Å². The largest absolute Gasteiger partial charge is 0.300 e. The van der Waals surface area contributed by atoms with Crippen molar-refractivity contribution in [3.05, 3.63) is 0 Å². The summed E-state index contributed by atoms with van der Waals surface area (Å²) in [4.78, 5) is 11.5. The van der Waals surface area contributed by atoms with Gasteiger partial charge in [-0.05, 0) is 49.9 Å². The molecule has 0 aromatic heterocycles. The quantitative estimate of drug-likeness (QED) is 0.640. The topological polar surface area (TPSA) is 17.1 Å². The molecule has 3 unspecified atom stereocenters. The number of Topliss-reactive ketones (excluding diaryl/α,β-unsaturated/α-hetero) is 1. The fraction of sp³-hybridized carbons (Fsp3) is 0.929. The molecule has 2 aliphatic rings. The van der Waals surface area contributed by atoms with Gasteiger partial charge in [0.05, 0.1) is 0 Å². The van der Waals surface area contributed by atoms with Gasteiger partial charge in [0.15, 0.2) is 0 Å². The van der Waals surface area contributed by atoms with Crippen LogP contribution in [0, 0.1) is 23.2 Å². The normalized spacial score (nSPS) is 39.5. The van der Waals surface area contributed by atoms with E-state index in [4.69, 9.17) is 0 Å². The Morgan fingerprint density at radius 3 is 2.60 bits per heavy atom. The smallest absolute Gasteiger partial charge is 0.132 e. The van der Waals surface area contributed by atoms with Crippen LogP contribution in [0.15, 0.2) is 0 Å². The van der Waals surface area contributed by atoms with Crippen LogP contribution in [0.3, 0.4) is 0 Å². The van der Waals surface area contributed by atoms with Crippen LogP contribution in [-0.2, 0) is 4.79 Å². The van der Waals surface area contributed by atoms with E-state index in [9.17, 15) is 4.79 Å². The number of fused-ring (bicyclic) bond motifs is 1. The summed E-state index contributed by atoms with van der Waals surface area (Å²) in [7, 11) is 0. The van der Waals surface area contributed by atoms with Gasteiger partial charge in [-0.25, -0.2) is 0 Å². The minimum Gasteiger partial charge on any atom is -0.300 e. The Morgan fingerprint density at radius 1 is 1.20 bits per heavy atom. The number of ketones is 1. The lowest BCUT2D eigenvalue weighted by molar-refractivity contribution is -0.124. The molecule has 2 aliphatic carbocycles. The third kappa shape index (κ3) is 2.11. The van der Waals surface area contributed by atoms with Gasteiger partial charge in [0, 0.05) is 5.92 Å². The van der Waals surface area contributed by atoms with Crippen molar-refractivity contribution in [1.29, 1.82) is 0 Å². The van der Waals surface area contributed by atoms with E-state index in [0.717, 1.165) is 18.3 Å². The van der Waals surface area contributed by atoms with Crippen molar-refractivity contribution >= 4 is 5.78 Å². The number of hydrogen-bond acceptors (Lipinski definition) is 1. The molecule has 0 heterocycles. The first kappa shape index (κ1) is 11.2. The average molecular weight is 208 g/mol. The van der Waals surface area contributed by atoms with Crippen molar-refractivity contribution in [2.75, 3.05) is 0 Å². The zero-order valence-electron chi connectivity index (χ0n) is 10.4. The summed E-state index contributed by atoms with van der Waals surface area (Å²) < 4.78 is 0. The fourth-order valence-corrected chi connectivity index (χ4v) is 3.91.